The van der Waals surface area contributed by atoms with E-state index in [2.05, 4.69) is 15.5 Å². The number of carboxylic acid groups (broad SMARTS) is 1. The lowest BCUT2D eigenvalue weighted by molar-refractivity contribution is -0.139. The molecule has 2 N–H and O–H groups in total. The number of nitrogens with zero attached hydrogens (tertiary/aromatic N) is 2. The van der Waals surface area contributed by atoms with Gasteiger partial charge in [-0.15, -0.1) is 0 Å². The van der Waals surface area contributed by atoms with E-state index in [0.717, 1.165) is 37.7 Å². The minimum absolute atomic E-state index is 0.0398. The van der Waals surface area contributed by atoms with Gasteiger partial charge >= 0.3 is 12.1 Å². The zero-order valence-electron chi connectivity index (χ0n) is 19.2. The lowest BCUT2D eigenvalue weighted by atomic mass is 9.81. The van der Waals surface area contributed by atoms with E-state index in [-0.39, 0.29) is 18.9 Å². The minimum atomic E-state index is -4.41. The molecular weight excluding hydrogens is 447 g/mol. The second-order valence-corrected chi connectivity index (χ2v) is 8.58. The van der Waals surface area contributed by atoms with Crippen LogP contribution >= 0.6 is 0 Å². The predicted molar refractivity (Wildman–Crippen MR) is 122 cm³/mol. The van der Waals surface area contributed by atoms with Gasteiger partial charge in [-0.2, -0.15) is 13.2 Å². The molecule has 1 fully saturated rings. The zero-order valence-corrected chi connectivity index (χ0v) is 19.2. The number of rotatable bonds is 10. The Morgan fingerprint density at radius 1 is 1.18 bits per heavy atom. The fourth-order valence-corrected chi connectivity index (χ4v) is 4.13. The van der Waals surface area contributed by atoms with Crippen molar-refractivity contribution in [3.63, 3.8) is 0 Å². The fourth-order valence-electron chi connectivity index (χ4n) is 4.13. The molecule has 1 aromatic carbocycles. The van der Waals surface area contributed by atoms with Gasteiger partial charge in [0.15, 0.2) is 0 Å². The summed E-state index contributed by atoms with van der Waals surface area (Å²) in [4.78, 5) is 20.2. The molecular formula is C25H30F3N3O3. The van der Waals surface area contributed by atoms with Crippen molar-refractivity contribution in [2.75, 3.05) is 6.54 Å². The Balaban J connectivity index is 1.59. The van der Waals surface area contributed by atoms with Crippen molar-refractivity contribution in [3.8, 4) is 0 Å². The summed E-state index contributed by atoms with van der Waals surface area (Å²) in [5, 5.41) is 15.7. The zero-order chi connectivity index (χ0) is 24.6. The van der Waals surface area contributed by atoms with Crippen molar-refractivity contribution in [2.24, 2.45) is 5.16 Å². The number of benzene rings is 1. The lowest BCUT2D eigenvalue weighted by Gasteiger charge is -2.25. The molecule has 0 bridgehead atoms. The van der Waals surface area contributed by atoms with Crippen molar-refractivity contribution in [1.29, 1.82) is 0 Å². The van der Waals surface area contributed by atoms with Gasteiger partial charge in [-0.25, -0.2) is 0 Å². The largest absolute Gasteiger partial charge is 0.481 e. The third kappa shape index (κ3) is 7.55. The smallest absolute Gasteiger partial charge is 0.416 e. The quantitative estimate of drug-likeness (QED) is 0.262. The Bertz CT molecular complexity index is 985. The summed E-state index contributed by atoms with van der Waals surface area (Å²) in [7, 11) is 0. The van der Waals surface area contributed by atoms with Gasteiger partial charge in [0.25, 0.3) is 0 Å². The highest BCUT2D eigenvalue weighted by atomic mass is 19.4. The van der Waals surface area contributed by atoms with E-state index >= 15 is 0 Å². The van der Waals surface area contributed by atoms with E-state index in [1.54, 1.807) is 31.3 Å². The van der Waals surface area contributed by atoms with Crippen LogP contribution in [0.25, 0.3) is 0 Å². The van der Waals surface area contributed by atoms with Gasteiger partial charge in [0.1, 0.15) is 12.3 Å². The number of halogens is 3. The summed E-state index contributed by atoms with van der Waals surface area (Å²) in [6, 6.07) is 8.07. The lowest BCUT2D eigenvalue weighted by Crippen LogP contribution is -2.17. The number of aromatic nitrogens is 1. The van der Waals surface area contributed by atoms with Gasteiger partial charge in [0.05, 0.1) is 17.7 Å². The predicted octanol–water partition coefficient (Wildman–Crippen LogP) is 5.65. The highest BCUT2D eigenvalue weighted by molar-refractivity contribution is 5.96. The molecule has 6 nitrogen and oxygen atoms in total. The Morgan fingerprint density at radius 2 is 1.91 bits per heavy atom. The maximum Gasteiger partial charge on any atom is 0.416 e. The molecule has 34 heavy (non-hydrogen) atoms. The van der Waals surface area contributed by atoms with Crippen molar-refractivity contribution in [3.05, 3.63) is 64.5 Å². The maximum absolute atomic E-state index is 13.7. The first kappa shape index (κ1) is 25.7. The Kier molecular flexibility index (Phi) is 9.04. The molecule has 0 radical (unpaired) electrons. The SMILES string of the molecule is C/C(=N\OCc1ccc(C2CCCCC2)c(C(F)(F)F)c1)c1ccc(CNCCC(=O)O)cn1. The van der Waals surface area contributed by atoms with Gasteiger partial charge in [0, 0.05) is 19.3 Å². The number of carboxylic acids is 1. The molecule has 0 atom stereocenters. The number of alkyl halides is 3. The molecule has 9 heteroatoms. The van der Waals surface area contributed by atoms with Crippen LogP contribution in [0.1, 0.15) is 79.3 Å². The van der Waals surface area contributed by atoms with Crippen LogP contribution in [0.4, 0.5) is 13.2 Å². The highest BCUT2D eigenvalue weighted by Crippen LogP contribution is 2.41. The van der Waals surface area contributed by atoms with E-state index in [9.17, 15) is 18.0 Å². The van der Waals surface area contributed by atoms with Crippen LogP contribution in [0, 0.1) is 0 Å². The van der Waals surface area contributed by atoms with E-state index in [0.29, 0.717) is 35.6 Å². The number of oxime groups is 1. The van der Waals surface area contributed by atoms with E-state index in [1.165, 1.54) is 6.07 Å². The number of hydrogen-bond acceptors (Lipinski definition) is 5. The third-order valence-electron chi connectivity index (χ3n) is 5.94. The second kappa shape index (κ2) is 12.0. The molecule has 1 aliphatic rings. The van der Waals surface area contributed by atoms with E-state index < -0.39 is 17.7 Å². The molecule has 1 heterocycles. The average Bonchev–Trinajstić information content (AvgIpc) is 2.82. The highest BCUT2D eigenvalue weighted by Gasteiger charge is 2.35. The molecule has 3 rings (SSSR count). The maximum atomic E-state index is 13.7. The second-order valence-electron chi connectivity index (χ2n) is 8.58. The average molecular weight is 478 g/mol. The summed E-state index contributed by atoms with van der Waals surface area (Å²) in [5.41, 5.74) is 2.20. The minimum Gasteiger partial charge on any atom is -0.481 e. The van der Waals surface area contributed by atoms with Crippen LogP contribution in [-0.4, -0.2) is 28.3 Å². The van der Waals surface area contributed by atoms with Crippen LogP contribution < -0.4 is 5.32 Å². The molecule has 184 valence electrons. The standard InChI is InChI=1S/C25H30F3N3O3/c1-17(23-10-8-19(15-30-23)14-29-12-11-24(32)33)31-34-16-18-7-9-21(20-5-3-2-4-6-20)22(13-18)25(26,27)28/h7-10,13,15,20,29H,2-6,11-12,14,16H2,1H3,(H,32,33)/b31-17+. The van der Waals surface area contributed by atoms with Gasteiger partial charge < -0.3 is 15.3 Å². The van der Waals surface area contributed by atoms with E-state index in [1.807, 2.05) is 6.07 Å². The van der Waals surface area contributed by atoms with Crippen LogP contribution in [0.5, 0.6) is 0 Å². The Labute approximate surface area is 197 Å². The number of aliphatic carboxylic acids is 1. The molecule has 1 saturated carbocycles. The topological polar surface area (TPSA) is 83.8 Å². The number of hydrogen-bond donors (Lipinski definition) is 2. The van der Waals surface area contributed by atoms with Crippen molar-refractivity contribution in [1.82, 2.24) is 10.3 Å². The first-order valence-electron chi connectivity index (χ1n) is 11.5. The summed E-state index contributed by atoms with van der Waals surface area (Å²) >= 11 is 0. The van der Waals surface area contributed by atoms with Crippen LogP contribution in [0.3, 0.4) is 0 Å². The molecule has 0 aliphatic heterocycles. The number of nitrogens with one attached hydrogen (secondary N) is 1. The van der Waals surface area contributed by atoms with E-state index in [4.69, 9.17) is 9.94 Å². The van der Waals surface area contributed by atoms with Gasteiger partial charge in [-0.3, -0.25) is 9.78 Å². The van der Waals surface area contributed by atoms with Crippen molar-refractivity contribution in [2.45, 2.75) is 70.7 Å². The van der Waals surface area contributed by atoms with Gasteiger partial charge in [-0.1, -0.05) is 42.6 Å². The normalized spacial score (nSPS) is 15.4. The molecule has 0 unspecified atom stereocenters. The molecule has 0 amide bonds. The molecule has 0 saturated heterocycles. The summed E-state index contributed by atoms with van der Waals surface area (Å²) in [6.45, 7) is 2.49. The van der Waals surface area contributed by atoms with Crippen LogP contribution in [0.15, 0.2) is 41.7 Å². The van der Waals surface area contributed by atoms with Crippen LogP contribution in [0.2, 0.25) is 0 Å². The number of carbonyl (C=O) groups is 1. The molecule has 2 aromatic rings. The molecule has 1 aromatic heterocycles. The van der Waals surface area contributed by atoms with Crippen molar-refractivity contribution >= 4 is 11.7 Å². The molecule has 1 aliphatic carbocycles. The van der Waals surface area contributed by atoms with Crippen molar-refractivity contribution < 1.29 is 27.9 Å². The Hall–Kier alpha value is -2.94. The van der Waals surface area contributed by atoms with Gasteiger partial charge in [-0.05, 0) is 54.5 Å². The molecule has 0 spiro atoms. The summed E-state index contributed by atoms with van der Waals surface area (Å²) in [6.07, 6.45) is 1.91. The first-order valence-corrected chi connectivity index (χ1v) is 11.5. The van der Waals surface area contributed by atoms with Gasteiger partial charge in [0.2, 0.25) is 0 Å². The summed E-state index contributed by atoms with van der Waals surface area (Å²) in [5.74, 6) is -0.898. The third-order valence-corrected chi connectivity index (χ3v) is 5.94. The Morgan fingerprint density at radius 3 is 2.56 bits per heavy atom. The monoisotopic (exact) mass is 477 g/mol. The van der Waals surface area contributed by atoms with Crippen LogP contribution in [-0.2, 0) is 29.0 Å². The fraction of sp³-hybridized carbons (Fsp3) is 0.480. The summed E-state index contributed by atoms with van der Waals surface area (Å²) < 4.78 is 41.1. The number of pyridine rings is 1. The first-order chi connectivity index (χ1) is 16.2.